The van der Waals surface area contributed by atoms with Crippen LogP contribution < -0.4 is 11.1 Å². The Labute approximate surface area is 124 Å². The number of halogens is 1. The van der Waals surface area contributed by atoms with Gasteiger partial charge in [0, 0.05) is 18.7 Å². The van der Waals surface area contributed by atoms with Gasteiger partial charge in [0.05, 0.1) is 6.10 Å². The van der Waals surface area contributed by atoms with E-state index in [0.717, 1.165) is 0 Å². The molecule has 1 atom stereocenters. The fourth-order valence-electron chi connectivity index (χ4n) is 2.12. The smallest absolute Gasteiger partial charge is 0.170 e. The molecule has 0 saturated heterocycles. The van der Waals surface area contributed by atoms with Crippen molar-refractivity contribution in [2.24, 2.45) is 16.3 Å². The molecule has 6 heteroatoms. The molecule has 0 aliphatic rings. The molecule has 0 amide bonds. The molecule has 0 aliphatic heterocycles. The van der Waals surface area contributed by atoms with Crippen molar-refractivity contribution in [1.29, 1.82) is 0 Å². The summed E-state index contributed by atoms with van der Waals surface area (Å²) in [7, 11) is 0. The Morgan fingerprint density at radius 3 is 2.62 bits per heavy atom. The van der Waals surface area contributed by atoms with Gasteiger partial charge in [0.1, 0.15) is 5.82 Å². The molecule has 0 heterocycles. The van der Waals surface area contributed by atoms with Crippen LogP contribution in [-0.2, 0) is 6.54 Å². The van der Waals surface area contributed by atoms with Gasteiger partial charge < -0.3 is 21.4 Å². The van der Waals surface area contributed by atoms with Crippen molar-refractivity contribution >= 4 is 5.84 Å². The van der Waals surface area contributed by atoms with Crippen molar-refractivity contribution in [2.75, 3.05) is 6.54 Å². The summed E-state index contributed by atoms with van der Waals surface area (Å²) in [6.07, 6.45) is 0.223. The van der Waals surface area contributed by atoms with Crippen LogP contribution in [0.3, 0.4) is 0 Å². The second kappa shape index (κ2) is 7.38. The molecule has 0 bridgehead atoms. The number of amidine groups is 1. The van der Waals surface area contributed by atoms with E-state index in [0.29, 0.717) is 30.6 Å². The number of rotatable bonds is 6. The van der Waals surface area contributed by atoms with Crippen LogP contribution in [0.2, 0.25) is 0 Å². The lowest BCUT2D eigenvalue weighted by Crippen LogP contribution is -2.30. The van der Waals surface area contributed by atoms with Gasteiger partial charge in [-0.2, -0.15) is 0 Å². The quantitative estimate of drug-likeness (QED) is 0.279. The zero-order valence-corrected chi connectivity index (χ0v) is 12.7. The van der Waals surface area contributed by atoms with Gasteiger partial charge in [0.2, 0.25) is 0 Å². The van der Waals surface area contributed by atoms with Gasteiger partial charge in [-0.05, 0) is 35.6 Å². The molecular formula is C15H24FN3O2. The highest BCUT2D eigenvalue weighted by molar-refractivity contribution is 5.97. The number of oxime groups is 1. The van der Waals surface area contributed by atoms with E-state index in [1.165, 1.54) is 12.1 Å². The van der Waals surface area contributed by atoms with E-state index < -0.39 is 11.9 Å². The molecule has 21 heavy (non-hydrogen) atoms. The number of nitrogens with two attached hydrogens (primary N) is 1. The highest BCUT2D eigenvalue weighted by Crippen LogP contribution is 2.20. The Hall–Kier alpha value is -1.66. The lowest BCUT2D eigenvalue weighted by atomic mass is 9.89. The van der Waals surface area contributed by atoms with Gasteiger partial charge in [0.15, 0.2) is 5.84 Å². The number of hydrogen-bond donors (Lipinski definition) is 4. The molecule has 1 rings (SSSR count). The number of nitrogens with one attached hydrogen (secondary N) is 1. The second-order valence-electron chi connectivity index (χ2n) is 6.38. The van der Waals surface area contributed by atoms with Crippen molar-refractivity contribution in [3.63, 3.8) is 0 Å². The van der Waals surface area contributed by atoms with Crippen LogP contribution in [0.25, 0.3) is 0 Å². The Kier molecular flexibility index (Phi) is 6.11. The standard InChI is InChI=1S/C15H24FN3O2/c1-15(2,3)7-13(20)9-18-8-10-4-11(14(17)19-21)6-12(16)5-10/h4-6,13,18,20-21H,7-9H2,1-3H3,(H2,17,19). The molecule has 5 nitrogen and oxygen atoms in total. The molecular weight excluding hydrogens is 273 g/mol. The summed E-state index contributed by atoms with van der Waals surface area (Å²) in [5.41, 5.74) is 6.50. The summed E-state index contributed by atoms with van der Waals surface area (Å²) in [4.78, 5) is 0. The molecule has 1 aromatic carbocycles. The first-order chi connectivity index (χ1) is 9.71. The van der Waals surface area contributed by atoms with Crippen molar-refractivity contribution in [3.05, 3.63) is 35.1 Å². The van der Waals surface area contributed by atoms with Crippen LogP contribution in [-0.4, -0.2) is 28.8 Å². The van der Waals surface area contributed by atoms with Crippen LogP contribution in [0.1, 0.15) is 38.3 Å². The van der Waals surface area contributed by atoms with Crippen molar-refractivity contribution in [1.82, 2.24) is 5.32 Å². The van der Waals surface area contributed by atoms with Gasteiger partial charge >= 0.3 is 0 Å². The van der Waals surface area contributed by atoms with Crippen LogP contribution in [0.4, 0.5) is 4.39 Å². The molecule has 0 spiro atoms. The van der Waals surface area contributed by atoms with Gasteiger partial charge in [-0.15, -0.1) is 0 Å². The molecule has 0 fully saturated rings. The van der Waals surface area contributed by atoms with Gasteiger partial charge in [0.25, 0.3) is 0 Å². The average Bonchev–Trinajstić information content (AvgIpc) is 2.35. The average molecular weight is 297 g/mol. The summed E-state index contributed by atoms with van der Waals surface area (Å²) in [5.74, 6) is -0.588. The number of aliphatic hydroxyl groups excluding tert-OH is 1. The zero-order chi connectivity index (χ0) is 16.0. The summed E-state index contributed by atoms with van der Waals surface area (Å²) in [5, 5.41) is 24.4. The highest BCUT2D eigenvalue weighted by Gasteiger charge is 2.16. The zero-order valence-electron chi connectivity index (χ0n) is 12.7. The van der Waals surface area contributed by atoms with Crippen LogP contribution >= 0.6 is 0 Å². The van der Waals surface area contributed by atoms with Gasteiger partial charge in [-0.1, -0.05) is 25.9 Å². The van der Waals surface area contributed by atoms with E-state index in [1.807, 2.05) is 0 Å². The first kappa shape index (κ1) is 17.4. The summed E-state index contributed by atoms with van der Waals surface area (Å²) in [6, 6.07) is 4.21. The third kappa shape index (κ3) is 6.55. The van der Waals surface area contributed by atoms with Gasteiger partial charge in [-0.3, -0.25) is 0 Å². The van der Waals surface area contributed by atoms with Crippen molar-refractivity contribution < 1.29 is 14.7 Å². The maximum absolute atomic E-state index is 13.5. The third-order valence-electron chi connectivity index (χ3n) is 2.92. The molecule has 0 aromatic heterocycles. The number of benzene rings is 1. The third-order valence-corrected chi connectivity index (χ3v) is 2.92. The predicted octanol–water partition coefficient (Wildman–Crippen LogP) is 1.81. The molecule has 1 unspecified atom stereocenters. The molecule has 0 saturated carbocycles. The van der Waals surface area contributed by atoms with Crippen LogP contribution in [0.5, 0.6) is 0 Å². The van der Waals surface area contributed by atoms with E-state index in [9.17, 15) is 9.50 Å². The fourth-order valence-corrected chi connectivity index (χ4v) is 2.12. The first-order valence-corrected chi connectivity index (χ1v) is 6.87. The van der Waals surface area contributed by atoms with Crippen LogP contribution in [0, 0.1) is 11.2 Å². The van der Waals surface area contributed by atoms with Gasteiger partial charge in [-0.25, -0.2) is 4.39 Å². The molecule has 1 aromatic rings. The topological polar surface area (TPSA) is 90.9 Å². The van der Waals surface area contributed by atoms with E-state index in [2.05, 4.69) is 31.2 Å². The molecule has 0 radical (unpaired) electrons. The van der Waals surface area contributed by atoms with Crippen LogP contribution in [0.15, 0.2) is 23.4 Å². The molecule has 5 N–H and O–H groups in total. The minimum Gasteiger partial charge on any atom is -0.409 e. The SMILES string of the molecule is CC(C)(C)CC(O)CNCc1cc(F)cc(/C(N)=N/O)c1. The lowest BCUT2D eigenvalue weighted by molar-refractivity contribution is 0.119. The summed E-state index contributed by atoms with van der Waals surface area (Å²) in [6.45, 7) is 7.00. The van der Waals surface area contributed by atoms with Crippen molar-refractivity contribution in [3.8, 4) is 0 Å². The second-order valence-corrected chi connectivity index (χ2v) is 6.38. The number of hydrogen-bond acceptors (Lipinski definition) is 4. The summed E-state index contributed by atoms with van der Waals surface area (Å²) < 4.78 is 13.5. The normalized spacial score (nSPS) is 14.2. The summed E-state index contributed by atoms with van der Waals surface area (Å²) >= 11 is 0. The van der Waals surface area contributed by atoms with Crippen molar-refractivity contribution in [2.45, 2.75) is 39.8 Å². The Balaban J connectivity index is 2.58. The fraction of sp³-hybridized carbons (Fsp3) is 0.533. The predicted molar refractivity (Wildman–Crippen MR) is 80.7 cm³/mol. The minimum absolute atomic E-state index is 0.0547. The Morgan fingerprint density at radius 2 is 2.05 bits per heavy atom. The van der Waals surface area contributed by atoms with E-state index in [4.69, 9.17) is 10.9 Å². The number of aliphatic hydroxyl groups is 1. The maximum Gasteiger partial charge on any atom is 0.170 e. The van der Waals surface area contributed by atoms with E-state index >= 15 is 0 Å². The Bertz CT molecular complexity index is 498. The molecule has 0 aliphatic carbocycles. The molecule has 118 valence electrons. The van der Waals surface area contributed by atoms with E-state index in [1.54, 1.807) is 6.07 Å². The lowest BCUT2D eigenvalue weighted by Gasteiger charge is -2.22. The first-order valence-electron chi connectivity index (χ1n) is 6.87. The highest BCUT2D eigenvalue weighted by atomic mass is 19.1. The van der Waals surface area contributed by atoms with E-state index in [-0.39, 0.29) is 11.3 Å². The monoisotopic (exact) mass is 297 g/mol. The largest absolute Gasteiger partial charge is 0.409 e. The maximum atomic E-state index is 13.5. The minimum atomic E-state index is -0.456. The Morgan fingerprint density at radius 1 is 1.38 bits per heavy atom. The number of nitrogens with zero attached hydrogens (tertiary/aromatic N) is 1.